The Morgan fingerprint density at radius 1 is 1.52 bits per heavy atom. The van der Waals surface area contributed by atoms with Gasteiger partial charge in [-0.05, 0) is 44.4 Å². The van der Waals surface area contributed by atoms with Crippen molar-refractivity contribution in [2.24, 2.45) is 0 Å². The zero-order chi connectivity index (χ0) is 15.5. The van der Waals surface area contributed by atoms with Crippen molar-refractivity contribution in [3.05, 3.63) is 29.8 Å². The van der Waals surface area contributed by atoms with E-state index in [-0.39, 0.29) is 12.1 Å². The number of aliphatic hydroxyl groups is 1. The van der Waals surface area contributed by atoms with Crippen molar-refractivity contribution in [3.63, 3.8) is 0 Å². The van der Waals surface area contributed by atoms with Crippen LogP contribution in [-0.4, -0.2) is 41.3 Å². The summed E-state index contributed by atoms with van der Waals surface area (Å²) in [6.07, 6.45) is 1.76. The fourth-order valence-corrected chi connectivity index (χ4v) is 2.85. The molecule has 2 rings (SSSR count). The van der Waals surface area contributed by atoms with Gasteiger partial charge in [-0.25, -0.2) is 4.79 Å². The maximum Gasteiger partial charge on any atom is 0.322 e. The summed E-state index contributed by atoms with van der Waals surface area (Å²) in [6, 6.07) is 7.30. The Hall–Kier alpha value is -1.59. The third kappa shape index (κ3) is 3.95. The number of urea groups is 1. The number of amides is 2. The molecule has 1 saturated heterocycles. The van der Waals surface area contributed by atoms with E-state index in [1.54, 1.807) is 25.9 Å². The van der Waals surface area contributed by atoms with E-state index in [4.69, 9.17) is 4.74 Å². The van der Waals surface area contributed by atoms with Crippen LogP contribution in [0.2, 0.25) is 0 Å². The second-order valence-electron chi connectivity index (χ2n) is 6.07. The average Bonchev–Trinajstić information content (AvgIpc) is 2.88. The quantitative estimate of drug-likeness (QED) is 0.896. The lowest BCUT2D eigenvalue weighted by atomic mass is 9.97. The van der Waals surface area contributed by atoms with Crippen LogP contribution in [-0.2, 0) is 11.3 Å². The van der Waals surface area contributed by atoms with Crippen molar-refractivity contribution in [1.82, 2.24) is 4.90 Å². The number of anilines is 1. The van der Waals surface area contributed by atoms with Gasteiger partial charge in [0.15, 0.2) is 0 Å². The standard InChI is InChI=1S/C16H24N2O3/c1-16(2,20)14-8-5-9-18(14)15(19)17-13-7-4-6-12(10-13)11-21-3/h4,6-7,10,14,20H,5,8-9,11H2,1-3H3,(H,17,19). The van der Waals surface area contributed by atoms with Gasteiger partial charge in [-0.2, -0.15) is 0 Å². The van der Waals surface area contributed by atoms with E-state index in [0.717, 1.165) is 24.1 Å². The number of benzene rings is 1. The summed E-state index contributed by atoms with van der Waals surface area (Å²) >= 11 is 0. The minimum atomic E-state index is -0.883. The van der Waals surface area contributed by atoms with Crippen LogP contribution < -0.4 is 5.32 Å². The van der Waals surface area contributed by atoms with Crippen LogP contribution in [0.1, 0.15) is 32.3 Å². The molecule has 0 radical (unpaired) electrons. The molecule has 1 unspecified atom stereocenters. The molecule has 2 N–H and O–H groups in total. The smallest absolute Gasteiger partial charge is 0.322 e. The average molecular weight is 292 g/mol. The van der Waals surface area contributed by atoms with Gasteiger partial charge in [-0.3, -0.25) is 0 Å². The number of carbonyl (C=O) groups is 1. The third-order valence-corrected chi connectivity index (χ3v) is 3.82. The Morgan fingerprint density at radius 2 is 2.29 bits per heavy atom. The highest BCUT2D eigenvalue weighted by Gasteiger charge is 2.38. The number of hydrogen-bond donors (Lipinski definition) is 2. The highest BCUT2D eigenvalue weighted by molar-refractivity contribution is 5.89. The van der Waals surface area contributed by atoms with Crippen molar-refractivity contribution in [2.75, 3.05) is 19.0 Å². The highest BCUT2D eigenvalue weighted by atomic mass is 16.5. The number of ether oxygens (including phenoxy) is 1. The normalized spacial score (nSPS) is 18.9. The van der Waals surface area contributed by atoms with Crippen LogP contribution in [0.3, 0.4) is 0 Å². The van der Waals surface area contributed by atoms with Crippen molar-refractivity contribution in [2.45, 2.75) is 44.9 Å². The van der Waals surface area contributed by atoms with E-state index < -0.39 is 5.60 Å². The van der Waals surface area contributed by atoms with Crippen molar-refractivity contribution < 1.29 is 14.6 Å². The number of rotatable bonds is 4. The Morgan fingerprint density at radius 3 is 2.95 bits per heavy atom. The van der Waals surface area contributed by atoms with E-state index in [0.29, 0.717) is 13.2 Å². The van der Waals surface area contributed by atoms with Gasteiger partial charge < -0.3 is 20.1 Å². The van der Waals surface area contributed by atoms with Crippen LogP contribution in [0.5, 0.6) is 0 Å². The molecule has 2 amide bonds. The van der Waals surface area contributed by atoms with Gasteiger partial charge in [-0.15, -0.1) is 0 Å². The van der Waals surface area contributed by atoms with Crippen LogP contribution in [0.25, 0.3) is 0 Å². The fraction of sp³-hybridized carbons (Fsp3) is 0.562. The molecule has 1 atom stereocenters. The molecule has 5 heteroatoms. The molecule has 1 aliphatic rings. The second kappa shape index (κ2) is 6.45. The van der Waals surface area contributed by atoms with Gasteiger partial charge in [0.1, 0.15) is 0 Å². The van der Waals surface area contributed by atoms with E-state index in [9.17, 15) is 9.90 Å². The summed E-state index contributed by atoms with van der Waals surface area (Å²) in [6.45, 7) is 4.70. The first kappa shape index (κ1) is 15.8. The topological polar surface area (TPSA) is 61.8 Å². The van der Waals surface area contributed by atoms with Crippen LogP contribution in [0, 0.1) is 0 Å². The molecule has 0 aromatic heterocycles. The summed E-state index contributed by atoms with van der Waals surface area (Å²) in [7, 11) is 1.64. The molecule has 1 fully saturated rings. The number of hydrogen-bond acceptors (Lipinski definition) is 3. The first-order valence-corrected chi connectivity index (χ1v) is 7.29. The molecular formula is C16H24N2O3. The largest absolute Gasteiger partial charge is 0.388 e. The predicted molar refractivity (Wildman–Crippen MR) is 82.2 cm³/mol. The van der Waals surface area contributed by atoms with Crippen molar-refractivity contribution >= 4 is 11.7 Å². The SMILES string of the molecule is COCc1cccc(NC(=O)N2CCCC2C(C)(C)O)c1. The van der Waals surface area contributed by atoms with E-state index >= 15 is 0 Å². The zero-order valence-corrected chi connectivity index (χ0v) is 12.9. The predicted octanol–water partition coefficient (Wildman–Crippen LogP) is 2.60. The molecule has 0 aliphatic carbocycles. The van der Waals surface area contributed by atoms with Crippen LogP contribution in [0.4, 0.5) is 10.5 Å². The maximum atomic E-state index is 12.4. The molecule has 1 aromatic rings. The molecule has 116 valence electrons. The minimum absolute atomic E-state index is 0.139. The molecule has 0 bridgehead atoms. The molecule has 1 aliphatic heterocycles. The molecule has 1 heterocycles. The van der Waals surface area contributed by atoms with Gasteiger partial charge in [0.05, 0.1) is 18.2 Å². The Bertz CT molecular complexity index is 497. The van der Waals surface area contributed by atoms with Crippen LogP contribution in [0.15, 0.2) is 24.3 Å². The summed E-state index contributed by atoms with van der Waals surface area (Å²) in [4.78, 5) is 14.1. The second-order valence-corrected chi connectivity index (χ2v) is 6.07. The van der Waals surface area contributed by atoms with E-state index in [1.165, 1.54) is 0 Å². The van der Waals surface area contributed by atoms with E-state index in [1.807, 2.05) is 24.3 Å². The Kier molecular flexibility index (Phi) is 4.85. The van der Waals surface area contributed by atoms with Gasteiger partial charge in [0, 0.05) is 19.3 Å². The minimum Gasteiger partial charge on any atom is -0.388 e. The summed E-state index contributed by atoms with van der Waals surface area (Å²) < 4.78 is 5.09. The number of carbonyl (C=O) groups excluding carboxylic acids is 1. The van der Waals surface area contributed by atoms with Crippen molar-refractivity contribution in [1.29, 1.82) is 0 Å². The molecule has 0 saturated carbocycles. The third-order valence-electron chi connectivity index (χ3n) is 3.82. The molecular weight excluding hydrogens is 268 g/mol. The Labute approximate surface area is 125 Å². The molecule has 0 spiro atoms. The number of methoxy groups -OCH3 is 1. The number of nitrogens with one attached hydrogen (secondary N) is 1. The lowest BCUT2D eigenvalue weighted by Crippen LogP contribution is -2.49. The molecule has 21 heavy (non-hydrogen) atoms. The fourth-order valence-electron chi connectivity index (χ4n) is 2.85. The summed E-state index contributed by atoms with van der Waals surface area (Å²) in [5, 5.41) is 13.1. The zero-order valence-electron chi connectivity index (χ0n) is 12.9. The highest BCUT2D eigenvalue weighted by Crippen LogP contribution is 2.27. The van der Waals surface area contributed by atoms with Crippen molar-refractivity contribution in [3.8, 4) is 0 Å². The lowest BCUT2D eigenvalue weighted by molar-refractivity contribution is 0.0117. The van der Waals surface area contributed by atoms with Gasteiger partial charge in [0.2, 0.25) is 0 Å². The Balaban J connectivity index is 2.05. The lowest BCUT2D eigenvalue weighted by Gasteiger charge is -2.33. The number of likely N-dealkylation sites (tertiary alicyclic amines) is 1. The first-order valence-electron chi connectivity index (χ1n) is 7.29. The van der Waals surface area contributed by atoms with E-state index in [2.05, 4.69) is 5.32 Å². The number of nitrogens with zero attached hydrogens (tertiary/aromatic N) is 1. The van der Waals surface area contributed by atoms with Gasteiger partial charge in [-0.1, -0.05) is 12.1 Å². The summed E-state index contributed by atoms with van der Waals surface area (Å²) in [5.41, 5.74) is 0.873. The van der Waals surface area contributed by atoms with Crippen LogP contribution >= 0.6 is 0 Å². The maximum absolute atomic E-state index is 12.4. The summed E-state index contributed by atoms with van der Waals surface area (Å²) in [5.74, 6) is 0. The van der Waals surface area contributed by atoms with Gasteiger partial charge >= 0.3 is 6.03 Å². The van der Waals surface area contributed by atoms with Gasteiger partial charge in [0.25, 0.3) is 0 Å². The first-order chi connectivity index (χ1) is 9.91. The molecule has 5 nitrogen and oxygen atoms in total. The molecule has 1 aromatic carbocycles. The monoisotopic (exact) mass is 292 g/mol.